The molecule has 0 heterocycles. The van der Waals surface area contributed by atoms with Gasteiger partial charge in [0.2, 0.25) is 0 Å². The Bertz CT molecular complexity index is 457. The summed E-state index contributed by atoms with van der Waals surface area (Å²) in [6.45, 7) is 0.203. The Morgan fingerprint density at radius 3 is 1.94 bits per heavy atom. The standard InChI is InChI=1S/C13H15O3P/c14-17(15,13-9-5-2-6-10-13)16-11-12-7-3-1-4-8-12/h1-10,14-15,17H,11H2. The second-order valence-corrected chi connectivity index (χ2v) is 5.83. The molecule has 0 saturated carbocycles. The summed E-state index contributed by atoms with van der Waals surface area (Å²) < 4.78 is 5.25. The number of hydrogen-bond acceptors (Lipinski definition) is 3. The van der Waals surface area contributed by atoms with Crippen LogP contribution >= 0.6 is 7.94 Å². The molecule has 3 nitrogen and oxygen atoms in total. The molecule has 0 fully saturated rings. The monoisotopic (exact) mass is 250 g/mol. The Hall–Kier alpha value is -1.25. The molecule has 2 aromatic carbocycles. The summed E-state index contributed by atoms with van der Waals surface area (Å²) in [6.07, 6.45) is 0. The second-order valence-electron chi connectivity index (χ2n) is 3.75. The molecule has 0 unspecified atom stereocenters. The zero-order valence-corrected chi connectivity index (χ0v) is 10.3. The Balaban J connectivity index is 2.03. The molecule has 2 rings (SSSR count). The van der Waals surface area contributed by atoms with Gasteiger partial charge in [-0.1, -0.05) is 0 Å². The zero-order chi connectivity index (χ0) is 12.1. The van der Waals surface area contributed by atoms with E-state index in [1.807, 2.05) is 36.4 Å². The molecular formula is C13H15O3P. The van der Waals surface area contributed by atoms with E-state index in [0.29, 0.717) is 5.30 Å². The maximum atomic E-state index is 9.92. The van der Waals surface area contributed by atoms with Crippen molar-refractivity contribution in [1.29, 1.82) is 0 Å². The Morgan fingerprint density at radius 2 is 1.35 bits per heavy atom. The second kappa shape index (κ2) is 5.39. The van der Waals surface area contributed by atoms with Crippen LogP contribution in [0.1, 0.15) is 5.56 Å². The van der Waals surface area contributed by atoms with Crippen LogP contribution in [0.2, 0.25) is 0 Å². The van der Waals surface area contributed by atoms with Gasteiger partial charge in [-0.3, -0.25) is 0 Å². The van der Waals surface area contributed by atoms with E-state index in [0.717, 1.165) is 5.56 Å². The first-order valence-corrected chi connectivity index (χ1v) is 7.17. The molecule has 0 radical (unpaired) electrons. The molecule has 0 atom stereocenters. The van der Waals surface area contributed by atoms with Crippen LogP contribution in [-0.2, 0) is 11.1 Å². The van der Waals surface area contributed by atoms with Gasteiger partial charge in [-0.15, -0.1) is 0 Å². The molecule has 0 aliphatic heterocycles. The molecule has 0 spiro atoms. The van der Waals surface area contributed by atoms with Crippen LogP contribution in [0.5, 0.6) is 0 Å². The van der Waals surface area contributed by atoms with Crippen LogP contribution in [-0.4, -0.2) is 9.79 Å². The Morgan fingerprint density at radius 1 is 0.824 bits per heavy atom. The first-order chi connectivity index (χ1) is 8.18. The van der Waals surface area contributed by atoms with Crippen molar-refractivity contribution >= 4 is 13.2 Å². The van der Waals surface area contributed by atoms with E-state index in [4.69, 9.17) is 4.52 Å². The molecular weight excluding hydrogens is 235 g/mol. The van der Waals surface area contributed by atoms with Gasteiger partial charge in [0.25, 0.3) is 0 Å². The van der Waals surface area contributed by atoms with Crippen molar-refractivity contribution in [2.24, 2.45) is 0 Å². The average molecular weight is 250 g/mol. The zero-order valence-electron chi connectivity index (χ0n) is 9.28. The third-order valence-electron chi connectivity index (χ3n) is 2.43. The van der Waals surface area contributed by atoms with Crippen LogP contribution in [0.4, 0.5) is 0 Å². The van der Waals surface area contributed by atoms with E-state index in [1.165, 1.54) is 0 Å². The molecule has 90 valence electrons. The molecule has 0 aliphatic carbocycles. The summed E-state index contributed by atoms with van der Waals surface area (Å²) >= 11 is 0. The van der Waals surface area contributed by atoms with Crippen molar-refractivity contribution < 1.29 is 14.3 Å². The van der Waals surface area contributed by atoms with Gasteiger partial charge >= 0.3 is 100 Å². The van der Waals surface area contributed by atoms with Gasteiger partial charge in [0.05, 0.1) is 0 Å². The van der Waals surface area contributed by atoms with E-state index in [1.54, 1.807) is 24.3 Å². The fraction of sp³-hybridized carbons (Fsp3) is 0.0769. The number of hydrogen-bond donors (Lipinski definition) is 2. The van der Waals surface area contributed by atoms with Crippen LogP contribution in [0, 0.1) is 0 Å². The quantitative estimate of drug-likeness (QED) is 0.816. The van der Waals surface area contributed by atoms with Gasteiger partial charge in [0, 0.05) is 0 Å². The maximum absolute atomic E-state index is 9.92. The SMILES string of the molecule is O[PH](O)(OCc1ccccc1)c1ccccc1. The molecule has 0 aliphatic rings. The van der Waals surface area contributed by atoms with Crippen LogP contribution in [0.3, 0.4) is 0 Å². The first-order valence-electron chi connectivity index (χ1n) is 5.36. The van der Waals surface area contributed by atoms with Gasteiger partial charge in [-0.25, -0.2) is 0 Å². The van der Waals surface area contributed by atoms with E-state index in [2.05, 4.69) is 0 Å². The van der Waals surface area contributed by atoms with Gasteiger partial charge < -0.3 is 0 Å². The van der Waals surface area contributed by atoms with Crippen molar-refractivity contribution in [3.63, 3.8) is 0 Å². The molecule has 2 N–H and O–H groups in total. The molecule has 4 heteroatoms. The van der Waals surface area contributed by atoms with Crippen molar-refractivity contribution in [2.45, 2.75) is 6.61 Å². The van der Waals surface area contributed by atoms with E-state index < -0.39 is 7.94 Å². The van der Waals surface area contributed by atoms with Crippen molar-refractivity contribution in [2.75, 3.05) is 0 Å². The topological polar surface area (TPSA) is 49.7 Å². The van der Waals surface area contributed by atoms with Gasteiger partial charge in [-0.05, 0) is 0 Å². The summed E-state index contributed by atoms with van der Waals surface area (Å²) in [6, 6.07) is 18.1. The average Bonchev–Trinajstić information content (AvgIpc) is 2.39. The molecule has 2 aromatic rings. The minimum atomic E-state index is -3.76. The van der Waals surface area contributed by atoms with Crippen molar-refractivity contribution in [3.8, 4) is 0 Å². The van der Waals surface area contributed by atoms with Gasteiger partial charge in [-0.2, -0.15) is 0 Å². The third-order valence-corrected chi connectivity index (χ3v) is 4.07. The van der Waals surface area contributed by atoms with E-state index in [-0.39, 0.29) is 6.61 Å². The third kappa shape index (κ3) is 3.35. The summed E-state index contributed by atoms with van der Waals surface area (Å²) in [7, 11) is -3.76. The van der Waals surface area contributed by atoms with E-state index in [9.17, 15) is 9.79 Å². The summed E-state index contributed by atoms with van der Waals surface area (Å²) in [5.74, 6) is 0. The summed E-state index contributed by atoms with van der Waals surface area (Å²) in [5.41, 5.74) is 0.920. The van der Waals surface area contributed by atoms with Crippen molar-refractivity contribution in [1.82, 2.24) is 0 Å². The molecule has 17 heavy (non-hydrogen) atoms. The Kier molecular flexibility index (Phi) is 3.87. The Labute approximate surface area is 101 Å². The van der Waals surface area contributed by atoms with E-state index >= 15 is 0 Å². The molecule has 0 aromatic heterocycles. The fourth-order valence-electron chi connectivity index (χ4n) is 1.50. The predicted molar refractivity (Wildman–Crippen MR) is 70.1 cm³/mol. The predicted octanol–water partition coefficient (Wildman–Crippen LogP) is 2.01. The van der Waals surface area contributed by atoms with Crippen LogP contribution in [0.15, 0.2) is 60.7 Å². The van der Waals surface area contributed by atoms with Crippen LogP contribution in [0.25, 0.3) is 0 Å². The number of benzene rings is 2. The molecule has 0 bridgehead atoms. The molecule has 0 saturated heterocycles. The van der Waals surface area contributed by atoms with Gasteiger partial charge in [0.15, 0.2) is 0 Å². The summed E-state index contributed by atoms with van der Waals surface area (Å²) in [4.78, 5) is 19.8. The van der Waals surface area contributed by atoms with Crippen LogP contribution < -0.4 is 5.30 Å². The summed E-state index contributed by atoms with van der Waals surface area (Å²) in [5, 5.41) is 0.455. The first kappa shape index (κ1) is 12.2. The normalized spacial score (nSPS) is 12.4. The number of rotatable bonds is 4. The molecule has 0 amide bonds. The minimum absolute atomic E-state index is 0.203. The fourth-order valence-corrected chi connectivity index (χ4v) is 2.66. The van der Waals surface area contributed by atoms with Gasteiger partial charge in [0.1, 0.15) is 0 Å². The van der Waals surface area contributed by atoms with Crippen molar-refractivity contribution in [3.05, 3.63) is 66.2 Å².